The quantitative estimate of drug-likeness (QED) is 0.764. The lowest BCUT2D eigenvalue weighted by molar-refractivity contribution is 0.103. The summed E-state index contributed by atoms with van der Waals surface area (Å²) in [5, 5.41) is 13.0. The summed E-state index contributed by atoms with van der Waals surface area (Å²) >= 11 is 1.10. The number of hydrogen-bond donors (Lipinski definition) is 2. The molecule has 96 valence electrons. The predicted octanol–water partition coefficient (Wildman–Crippen LogP) is 1.06. The van der Waals surface area contributed by atoms with Gasteiger partial charge in [0.2, 0.25) is 5.88 Å². The van der Waals surface area contributed by atoms with Crippen molar-refractivity contribution in [3.05, 3.63) is 6.20 Å². The fourth-order valence-corrected chi connectivity index (χ4v) is 2.49. The maximum absolute atomic E-state index is 9.69. The Morgan fingerprint density at radius 3 is 3.06 bits per heavy atom. The minimum absolute atomic E-state index is 0.267. The molecule has 1 aromatic rings. The number of aliphatic hydroxyl groups is 1. The van der Waals surface area contributed by atoms with E-state index in [4.69, 9.17) is 4.74 Å². The van der Waals surface area contributed by atoms with E-state index >= 15 is 0 Å². The monoisotopic (exact) mass is 257 g/mol. The first-order chi connectivity index (χ1) is 8.34. The van der Waals surface area contributed by atoms with E-state index in [0.29, 0.717) is 12.4 Å². The molecule has 0 amide bonds. The third kappa shape index (κ3) is 4.57. The third-order valence-electron chi connectivity index (χ3n) is 3.05. The molecule has 1 aromatic heterocycles. The van der Waals surface area contributed by atoms with Crippen LogP contribution in [-0.2, 0) is 0 Å². The first-order valence-electron chi connectivity index (χ1n) is 6.13. The van der Waals surface area contributed by atoms with E-state index in [1.807, 2.05) is 0 Å². The van der Waals surface area contributed by atoms with Crippen LogP contribution in [-0.4, -0.2) is 39.7 Å². The molecule has 5 nitrogen and oxygen atoms in total. The Labute approximate surface area is 106 Å². The molecule has 1 saturated carbocycles. The van der Waals surface area contributed by atoms with Gasteiger partial charge in [0, 0.05) is 6.54 Å². The van der Waals surface area contributed by atoms with E-state index in [9.17, 15) is 5.11 Å². The minimum Gasteiger partial charge on any atom is -0.473 e. The lowest BCUT2D eigenvalue weighted by Gasteiger charge is -2.14. The van der Waals surface area contributed by atoms with Crippen LogP contribution in [0.3, 0.4) is 0 Å². The van der Waals surface area contributed by atoms with Crippen LogP contribution in [0.1, 0.15) is 25.7 Å². The van der Waals surface area contributed by atoms with Gasteiger partial charge in [-0.1, -0.05) is 12.8 Å². The van der Waals surface area contributed by atoms with Crippen molar-refractivity contribution in [3.8, 4) is 5.88 Å². The second kappa shape index (κ2) is 6.88. The molecule has 2 N–H and O–H groups in total. The Morgan fingerprint density at radius 2 is 2.35 bits per heavy atom. The van der Waals surface area contributed by atoms with Gasteiger partial charge in [-0.2, -0.15) is 4.37 Å². The molecular weight excluding hydrogens is 238 g/mol. The maximum Gasteiger partial charge on any atom is 0.245 e. The molecule has 1 aliphatic carbocycles. The van der Waals surface area contributed by atoms with Gasteiger partial charge in [-0.3, -0.25) is 0 Å². The topological polar surface area (TPSA) is 67.3 Å². The van der Waals surface area contributed by atoms with Gasteiger partial charge < -0.3 is 15.2 Å². The van der Waals surface area contributed by atoms with E-state index in [0.717, 1.165) is 24.2 Å². The van der Waals surface area contributed by atoms with E-state index < -0.39 is 6.10 Å². The summed E-state index contributed by atoms with van der Waals surface area (Å²) in [7, 11) is 0. The van der Waals surface area contributed by atoms with Gasteiger partial charge in [0.05, 0.1) is 11.7 Å². The van der Waals surface area contributed by atoms with Crippen molar-refractivity contribution in [2.75, 3.05) is 19.7 Å². The summed E-state index contributed by atoms with van der Waals surface area (Å²) in [4.78, 5) is 0. The van der Waals surface area contributed by atoms with Crippen LogP contribution in [0, 0.1) is 5.92 Å². The summed E-state index contributed by atoms with van der Waals surface area (Å²) in [5.74, 6) is 1.29. The van der Waals surface area contributed by atoms with Crippen molar-refractivity contribution in [1.29, 1.82) is 0 Å². The Bertz CT molecular complexity index is 302. The zero-order valence-corrected chi connectivity index (χ0v) is 10.7. The standard InChI is InChI=1S/C11H19N3O2S/c15-10(8-16-11-7-13-17-14-11)6-12-5-9-3-1-2-4-9/h7,9-10,12,15H,1-6,8H2. The first-order valence-corrected chi connectivity index (χ1v) is 6.87. The highest BCUT2D eigenvalue weighted by Crippen LogP contribution is 2.23. The van der Waals surface area contributed by atoms with Gasteiger partial charge in [0.25, 0.3) is 0 Å². The van der Waals surface area contributed by atoms with Gasteiger partial charge in [0.15, 0.2) is 0 Å². The van der Waals surface area contributed by atoms with Gasteiger partial charge >= 0.3 is 0 Å². The van der Waals surface area contributed by atoms with Gasteiger partial charge in [-0.25, -0.2) is 0 Å². The fraction of sp³-hybridized carbons (Fsp3) is 0.818. The largest absolute Gasteiger partial charge is 0.473 e. The number of aromatic nitrogens is 2. The molecule has 1 unspecified atom stereocenters. The van der Waals surface area contributed by atoms with Crippen molar-refractivity contribution in [1.82, 2.24) is 14.1 Å². The smallest absolute Gasteiger partial charge is 0.245 e. The van der Waals surface area contributed by atoms with Gasteiger partial charge in [0.1, 0.15) is 18.9 Å². The first kappa shape index (κ1) is 12.7. The summed E-state index contributed by atoms with van der Waals surface area (Å²) in [6.07, 6.45) is 6.43. The lowest BCUT2D eigenvalue weighted by atomic mass is 10.1. The van der Waals surface area contributed by atoms with Crippen LogP contribution in [0.2, 0.25) is 0 Å². The SMILES string of the molecule is OC(CNCC1CCCC1)COc1cnsn1. The highest BCUT2D eigenvalue weighted by Gasteiger charge is 2.15. The molecule has 1 atom stereocenters. The second-order valence-corrected chi connectivity index (χ2v) is 5.08. The summed E-state index contributed by atoms with van der Waals surface area (Å²) in [5.41, 5.74) is 0. The van der Waals surface area contributed by atoms with Crippen molar-refractivity contribution < 1.29 is 9.84 Å². The zero-order chi connectivity index (χ0) is 11.9. The Balaban J connectivity index is 1.52. The average Bonchev–Trinajstić information content (AvgIpc) is 2.99. The number of nitrogens with one attached hydrogen (secondary N) is 1. The van der Waals surface area contributed by atoms with E-state index in [-0.39, 0.29) is 6.61 Å². The van der Waals surface area contributed by atoms with Gasteiger partial charge in [-0.15, -0.1) is 4.37 Å². The molecule has 1 aliphatic rings. The summed E-state index contributed by atoms with van der Waals surface area (Å²) in [6.45, 7) is 1.85. The average molecular weight is 257 g/mol. The number of nitrogens with zero attached hydrogens (tertiary/aromatic N) is 2. The summed E-state index contributed by atoms with van der Waals surface area (Å²) in [6, 6.07) is 0. The molecule has 0 aromatic carbocycles. The van der Waals surface area contributed by atoms with Crippen LogP contribution >= 0.6 is 11.7 Å². The molecule has 0 bridgehead atoms. The molecule has 1 heterocycles. The van der Waals surface area contributed by atoms with Crippen molar-refractivity contribution in [2.45, 2.75) is 31.8 Å². The Kier molecular flexibility index (Phi) is 5.15. The normalized spacial score (nSPS) is 18.4. The lowest BCUT2D eigenvalue weighted by Crippen LogP contribution is -2.33. The molecule has 2 rings (SSSR count). The number of hydrogen-bond acceptors (Lipinski definition) is 6. The van der Waals surface area contributed by atoms with E-state index in [1.54, 1.807) is 6.20 Å². The molecule has 0 saturated heterocycles. The van der Waals surface area contributed by atoms with Crippen molar-refractivity contribution in [2.24, 2.45) is 5.92 Å². The van der Waals surface area contributed by atoms with Crippen LogP contribution in [0.4, 0.5) is 0 Å². The van der Waals surface area contributed by atoms with Crippen LogP contribution < -0.4 is 10.1 Å². The number of aliphatic hydroxyl groups excluding tert-OH is 1. The zero-order valence-electron chi connectivity index (χ0n) is 9.84. The predicted molar refractivity (Wildman–Crippen MR) is 66.2 cm³/mol. The van der Waals surface area contributed by atoms with E-state index in [2.05, 4.69) is 14.1 Å². The maximum atomic E-state index is 9.69. The highest BCUT2D eigenvalue weighted by atomic mass is 32.1. The second-order valence-electron chi connectivity index (χ2n) is 4.52. The van der Waals surface area contributed by atoms with Crippen molar-refractivity contribution in [3.63, 3.8) is 0 Å². The van der Waals surface area contributed by atoms with Crippen LogP contribution in [0.15, 0.2) is 6.20 Å². The van der Waals surface area contributed by atoms with Gasteiger partial charge in [-0.05, 0) is 25.3 Å². The Hall–Kier alpha value is -0.720. The number of ether oxygens (including phenoxy) is 1. The summed E-state index contributed by atoms with van der Waals surface area (Å²) < 4.78 is 13.0. The highest BCUT2D eigenvalue weighted by molar-refractivity contribution is 6.99. The van der Waals surface area contributed by atoms with Crippen molar-refractivity contribution >= 4 is 11.7 Å². The fourth-order valence-electron chi connectivity index (χ4n) is 2.13. The third-order valence-corrected chi connectivity index (χ3v) is 3.51. The minimum atomic E-state index is -0.488. The van der Waals surface area contributed by atoms with Crippen LogP contribution in [0.5, 0.6) is 5.88 Å². The molecular formula is C11H19N3O2S. The molecule has 0 spiro atoms. The molecule has 1 fully saturated rings. The molecule has 6 heteroatoms. The molecule has 0 radical (unpaired) electrons. The van der Waals surface area contributed by atoms with Crippen LogP contribution in [0.25, 0.3) is 0 Å². The molecule has 0 aliphatic heterocycles. The van der Waals surface area contributed by atoms with E-state index in [1.165, 1.54) is 25.7 Å². The molecule has 17 heavy (non-hydrogen) atoms. The Morgan fingerprint density at radius 1 is 1.53 bits per heavy atom. The number of rotatable bonds is 7.